The average Bonchev–Trinajstić information content (AvgIpc) is 3.24. The molecule has 0 bridgehead atoms. The first-order chi connectivity index (χ1) is 13.9. The van der Waals surface area contributed by atoms with E-state index in [1.807, 2.05) is 4.90 Å². The van der Waals surface area contributed by atoms with Gasteiger partial charge in [0.1, 0.15) is 5.60 Å². The van der Waals surface area contributed by atoms with Gasteiger partial charge in [-0.05, 0) is 37.0 Å². The van der Waals surface area contributed by atoms with Crippen LogP contribution in [-0.2, 0) is 4.74 Å². The normalized spacial score (nSPS) is 36.7. The Morgan fingerprint density at radius 1 is 1.14 bits per heavy atom. The van der Waals surface area contributed by atoms with Gasteiger partial charge in [0, 0.05) is 51.6 Å². The lowest BCUT2D eigenvalue weighted by Crippen LogP contribution is -2.63. The quantitative estimate of drug-likeness (QED) is 0.753. The molecule has 1 aliphatic carbocycles. The lowest BCUT2D eigenvalue weighted by atomic mass is 9.54. The highest BCUT2D eigenvalue weighted by molar-refractivity contribution is 5.71. The lowest BCUT2D eigenvalue weighted by Gasteiger charge is -2.58. The molecule has 4 atom stereocenters. The van der Waals surface area contributed by atoms with Crippen LogP contribution in [0.15, 0.2) is 0 Å². The summed E-state index contributed by atoms with van der Waals surface area (Å²) in [4.78, 5) is 30.0. The molecule has 7 nitrogen and oxygen atoms in total. The number of piperidine rings is 1. The molecule has 1 N–H and O–H groups in total. The molecular weight excluding hydrogens is 370 g/mol. The van der Waals surface area contributed by atoms with E-state index >= 15 is 0 Å². The summed E-state index contributed by atoms with van der Waals surface area (Å²) >= 11 is 0. The zero-order valence-corrected chi connectivity index (χ0v) is 18.2. The monoisotopic (exact) mass is 407 g/mol. The Kier molecular flexibility index (Phi) is 5.47. The topological polar surface area (TPSA) is 73.3 Å². The summed E-state index contributed by atoms with van der Waals surface area (Å²) in [6, 6.07) is 0.751. The van der Waals surface area contributed by atoms with Crippen molar-refractivity contribution in [2.75, 3.05) is 32.7 Å². The molecule has 2 amide bonds. The maximum absolute atomic E-state index is 12.5. The van der Waals surface area contributed by atoms with E-state index in [-0.39, 0.29) is 23.2 Å². The molecule has 0 aromatic carbocycles. The third-order valence-electron chi connectivity index (χ3n) is 8.44. The summed E-state index contributed by atoms with van der Waals surface area (Å²) in [5.74, 6) is 0.575. The minimum absolute atomic E-state index is 0.124. The predicted molar refractivity (Wildman–Crippen MR) is 110 cm³/mol. The van der Waals surface area contributed by atoms with Gasteiger partial charge in [0.2, 0.25) is 0 Å². The van der Waals surface area contributed by atoms with Crippen LogP contribution in [0.5, 0.6) is 0 Å². The van der Waals surface area contributed by atoms with Crippen LogP contribution >= 0.6 is 0 Å². The Hall–Kier alpha value is -1.50. The van der Waals surface area contributed by atoms with Crippen molar-refractivity contribution in [3.05, 3.63) is 0 Å². The van der Waals surface area contributed by atoms with E-state index < -0.39 is 6.09 Å². The van der Waals surface area contributed by atoms with E-state index in [0.717, 1.165) is 64.6 Å². The molecule has 2 spiro atoms. The molecule has 0 aromatic rings. The second kappa shape index (κ2) is 7.64. The number of carbonyl (C=O) groups excluding carboxylic acids is 1. The number of hydrogen-bond acceptors (Lipinski definition) is 4. The van der Waals surface area contributed by atoms with Crippen molar-refractivity contribution in [1.82, 2.24) is 14.7 Å². The van der Waals surface area contributed by atoms with Crippen molar-refractivity contribution in [2.45, 2.75) is 83.4 Å². The first-order valence-corrected chi connectivity index (χ1v) is 11.6. The van der Waals surface area contributed by atoms with Gasteiger partial charge in [-0.15, -0.1) is 0 Å². The number of amides is 2. The highest BCUT2D eigenvalue weighted by Crippen LogP contribution is 2.57. The molecule has 4 unspecified atom stereocenters. The van der Waals surface area contributed by atoms with Crippen LogP contribution in [0.2, 0.25) is 0 Å². The molecule has 4 aliphatic rings. The number of nitrogens with zero attached hydrogens (tertiary/aromatic N) is 3. The van der Waals surface area contributed by atoms with Crippen molar-refractivity contribution in [3.8, 4) is 0 Å². The molecule has 3 heterocycles. The minimum atomic E-state index is -0.773. The number of hydrogen-bond donors (Lipinski definition) is 1. The molecule has 164 valence electrons. The van der Waals surface area contributed by atoms with E-state index in [2.05, 4.69) is 25.7 Å². The van der Waals surface area contributed by atoms with Gasteiger partial charge in [-0.3, -0.25) is 4.90 Å². The van der Waals surface area contributed by atoms with E-state index in [1.54, 1.807) is 4.90 Å². The smallest absolute Gasteiger partial charge is 0.410 e. The van der Waals surface area contributed by atoms with Crippen molar-refractivity contribution in [2.24, 2.45) is 11.3 Å². The first-order valence-electron chi connectivity index (χ1n) is 11.6. The minimum Gasteiger partial charge on any atom is -0.465 e. The molecule has 4 rings (SSSR count). The number of rotatable bonds is 5. The largest absolute Gasteiger partial charge is 0.465 e. The SMILES string of the molecule is CCCN1C(=O)OC2(CCN(C3CC4(CCN(C(=O)O)C4)C3CC)CC2)C1CC. The highest BCUT2D eigenvalue weighted by Gasteiger charge is 2.60. The van der Waals surface area contributed by atoms with Gasteiger partial charge in [0.25, 0.3) is 0 Å². The van der Waals surface area contributed by atoms with Crippen LogP contribution in [0.25, 0.3) is 0 Å². The van der Waals surface area contributed by atoms with E-state index in [4.69, 9.17) is 4.74 Å². The lowest BCUT2D eigenvalue weighted by molar-refractivity contribution is -0.104. The molecule has 1 saturated carbocycles. The summed E-state index contributed by atoms with van der Waals surface area (Å²) in [5, 5.41) is 9.36. The van der Waals surface area contributed by atoms with Gasteiger partial charge >= 0.3 is 12.2 Å². The van der Waals surface area contributed by atoms with Gasteiger partial charge in [-0.25, -0.2) is 9.59 Å². The molecule has 4 fully saturated rings. The van der Waals surface area contributed by atoms with Crippen molar-refractivity contribution in [3.63, 3.8) is 0 Å². The fraction of sp³-hybridized carbons (Fsp3) is 0.909. The standard InChI is InChI=1S/C22H37N3O4/c1-4-10-25-18(6-3)22(29-20(25)28)8-12-23(13-9-22)17-14-21(16(17)5-2)7-11-24(15-21)19(26)27/h16-18H,4-15H2,1-3H3,(H,26,27). The zero-order chi connectivity index (χ0) is 20.8. The van der Waals surface area contributed by atoms with Gasteiger partial charge in [0.05, 0.1) is 6.04 Å². The number of ether oxygens (including phenoxy) is 1. The van der Waals surface area contributed by atoms with Crippen LogP contribution in [-0.4, -0.2) is 82.4 Å². The molecule has 3 aliphatic heterocycles. The maximum Gasteiger partial charge on any atom is 0.410 e. The molecule has 29 heavy (non-hydrogen) atoms. The van der Waals surface area contributed by atoms with Crippen LogP contribution in [0.1, 0.15) is 65.7 Å². The Bertz CT molecular complexity index is 648. The van der Waals surface area contributed by atoms with Gasteiger partial charge in [0.15, 0.2) is 0 Å². The van der Waals surface area contributed by atoms with Crippen molar-refractivity contribution >= 4 is 12.2 Å². The summed E-state index contributed by atoms with van der Waals surface area (Å²) in [7, 11) is 0. The Morgan fingerprint density at radius 2 is 1.86 bits per heavy atom. The number of carboxylic acid groups (broad SMARTS) is 1. The van der Waals surface area contributed by atoms with Gasteiger partial charge in [-0.2, -0.15) is 0 Å². The molecule has 0 aromatic heterocycles. The summed E-state index contributed by atoms with van der Waals surface area (Å²) in [5.41, 5.74) is -0.120. The van der Waals surface area contributed by atoms with E-state index in [1.165, 1.54) is 0 Å². The predicted octanol–water partition coefficient (Wildman–Crippen LogP) is 3.63. The molecule has 7 heteroatoms. The highest BCUT2D eigenvalue weighted by atomic mass is 16.6. The number of likely N-dealkylation sites (tertiary alicyclic amines) is 2. The summed E-state index contributed by atoms with van der Waals surface area (Å²) in [6.07, 6.45) is 6.07. The zero-order valence-electron chi connectivity index (χ0n) is 18.2. The average molecular weight is 408 g/mol. The van der Waals surface area contributed by atoms with Crippen LogP contribution < -0.4 is 0 Å². The maximum atomic E-state index is 12.5. The van der Waals surface area contributed by atoms with E-state index in [9.17, 15) is 14.7 Å². The summed E-state index contributed by atoms with van der Waals surface area (Å²) in [6.45, 7) is 10.7. The first kappa shape index (κ1) is 20.8. The number of carbonyl (C=O) groups is 2. The van der Waals surface area contributed by atoms with Crippen LogP contribution in [0.3, 0.4) is 0 Å². The molecular formula is C22H37N3O4. The van der Waals surface area contributed by atoms with Crippen molar-refractivity contribution < 1.29 is 19.4 Å². The Morgan fingerprint density at radius 3 is 2.41 bits per heavy atom. The van der Waals surface area contributed by atoms with Crippen LogP contribution in [0.4, 0.5) is 9.59 Å². The molecule has 0 radical (unpaired) electrons. The van der Waals surface area contributed by atoms with Gasteiger partial charge in [-0.1, -0.05) is 27.2 Å². The summed E-state index contributed by atoms with van der Waals surface area (Å²) < 4.78 is 6.01. The third-order valence-corrected chi connectivity index (χ3v) is 8.44. The Labute approximate surface area is 174 Å². The second-order valence-electron chi connectivity index (χ2n) is 9.69. The van der Waals surface area contributed by atoms with Crippen molar-refractivity contribution in [1.29, 1.82) is 0 Å². The third kappa shape index (κ3) is 3.20. The van der Waals surface area contributed by atoms with Crippen LogP contribution in [0, 0.1) is 11.3 Å². The fourth-order valence-electron chi connectivity index (χ4n) is 7.04. The fourth-order valence-corrected chi connectivity index (χ4v) is 7.04. The van der Waals surface area contributed by atoms with E-state index in [0.29, 0.717) is 25.0 Å². The molecule has 3 saturated heterocycles. The van der Waals surface area contributed by atoms with Gasteiger partial charge < -0.3 is 19.6 Å². The second-order valence-corrected chi connectivity index (χ2v) is 9.69. The Balaban J connectivity index is 1.39.